The van der Waals surface area contributed by atoms with E-state index >= 15 is 0 Å². The van der Waals surface area contributed by atoms with E-state index in [-0.39, 0.29) is 11.2 Å². The molecule has 23 heavy (non-hydrogen) atoms. The molecule has 2 aliphatic rings. The van der Waals surface area contributed by atoms with Crippen molar-refractivity contribution in [1.82, 2.24) is 24.5 Å². The van der Waals surface area contributed by atoms with E-state index in [1.165, 1.54) is 18.6 Å². The summed E-state index contributed by atoms with van der Waals surface area (Å²) in [6.45, 7) is 3.68. The van der Waals surface area contributed by atoms with E-state index < -0.39 is 10.0 Å². The van der Waals surface area contributed by atoms with Gasteiger partial charge in [0.05, 0.1) is 11.4 Å². The number of carbonyl (C=O) groups excluding carboxylic acids is 1. The fourth-order valence-corrected chi connectivity index (χ4v) is 4.44. The number of hydrogen-bond donors (Lipinski definition) is 1. The fraction of sp³-hybridized carbons (Fsp3) is 0.643. The maximum atomic E-state index is 12.2. The quantitative estimate of drug-likeness (QED) is 0.737. The molecule has 0 spiro atoms. The minimum atomic E-state index is -3.06. The van der Waals surface area contributed by atoms with Gasteiger partial charge >= 0.3 is 0 Å². The Kier molecular flexibility index (Phi) is 4.88. The minimum absolute atomic E-state index is 0.139. The standard InChI is InChI=1S/C14H21N5O3S/c20-14(13-11-15-3-4-16-13)17-5-6-18-7-9-19(10-8-18)23(21,22)12-1-2-12/h3-4,11-12H,1-2,5-10H2,(H,17,20). The van der Waals surface area contributed by atoms with Gasteiger partial charge in [-0.15, -0.1) is 0 Å². The van der Waals surface area contributed by atoms with Gasteiger partial charge in [-0.2, -0.15) is 4.31 Å². The largest absolute Gasteiger partial charge is 0.349 e. The molecule has 1 aliphatic carbocycles. The average Bonchev–Trinajstić information content (AvgIpc) is 3.41. The van der Waals surface area contributed by atoms with E-state index in [1.807, 2.05) is 0 Å². The second-order valence-corrected chi connectivity index (χ2v) is 8.04. The van der Waals surface area contributed by atoms with E-state index in [2.05, 4.69) is 20.2 Å². The monoisotopic (exact) mass is 339 g/mol. The molecule has 1 aromatic rings. The fourth-order valence-electron chi connectivity index (χ4n) is 2.62. The van der Waals surface area contributed by atoms with Crippen molar-refractivity contribution < 1.29 is 13.2 Å². The average molecular weight is 339 g/mol. The number of rotatable bonds is 6. The van der Waals surface area contributed by atoms with E-state index in [1.54, 1.807) is 4.31 Å². The molecule has 2 fully saturated rings. The number of sulfonamides is 1. The number of piperazine rings is 1. The van der Waals surface area contributed by atoms with Crippen LogP contribution in [0.5, 0.6) is 0 Å². The summed E-state index contributed by atoms with van der Waals surface area (Å²) in [5.41, 5.74) is 0.299. The molecule has 1 aromatic heterocycles. The van der Waals surface area contributed by atoms with Crippen LogP contribution in [0, 0.1) is 0 Å². The highest BCUT2D eigenvalue weighted by Gasteiger charge is 2.40. The predicted molar refractivity (Wildman–Crippen MR) is 84.3 cm³/mol. The molecule has 8 nitrogen and oxygen atoms in total. The summed E-state index contributed by atoms with van der Waals surface area (Å²) >= 11 is 0. The molecule has 0 aromatic carbocycles. The van der Waals surface area contributed by atoms with Crippen LogP contribution in [-0.2, 0) is 10.0 Å². The number of hydrogen-bond acceptors (Lipinski definition) is 6. The molecule has 0 radical (unpaired) electrons. The number of nitrogens with one attached hydrogen (secondary N) is 1. The predicted octanol–water partition coefficient (Wildman–Crippen LogP) is -0.684. The lowest BCUT2D eigenvalue weighted by Gasteiger charge is -2.34. The Morgan fingerprint density at radius 2 is 1.96 bits per heavy atom. The van der Waals surface area contributed by atoms with Crippen molar-refractivity contribution in [2.24, 2.45) is 0 Å². The Hall–Kier alpha value is -1.58. The Bertz CT molecular complexity index is 640. The number of amides is 1. The summed E-state index contributed by atoms with van der Waals surface area (Å²) < 4.78 is 25.9. The maximum absolute atomic E-state index is 12.2. The summed E-state index contributed by atoms with van der Waals surface area (Å²) in [6.07, 6.45) is 6.03. The van der Waals surface area contributed by atoms with Gasteiger partial charge in [0.15, 0.2) is 0 Å². The first kappa shape index (κ1) is 16.3. The zero-order valence-electron chi connectivity index (χ0n) is 12.9. The van der Waals surface area contributed by atoms with Crippen LogP contribution in [-0.4, -0.2) is 78.0 Å². The van der Waals surface area contributed by atoms with Crippen molar-refractivity contribution in [3.8, 4) is 0 Å². The number of nitrogens with zero attached hydrogens (tertiary/aromatic N) is 4. The normalized spacial score (nSPS) is 20.3. The van der Waals surface area contributed by atoms with Crippen molar-refractivity contribution >= 4 is 15.9 Å². The Labute approximate surface area is 136 Å². The molecule has 1 saturated heterocycles. The molecule has 126 valence electrons. The second-order valence-electron chi connectivity index (χ2n) is 5.83. The van der Waals surface area contributed by atoms with Gasteiger partial charge < -0.3 is 5.32 Å². The molecular weight excluding hydrogens is 318 g/mol. The molecular formula is C14H21N5O3S. The van der Waals surface area contributed by atoms with Gasteiger partial charge in [-0.1, -0.05) is 0 Å². The lowest BCUT2D eigenvalue weighted by molar-refractivity contribution is 0.0939. The third-order valence-electron chi connectivity index (χ3n) is 4.15. The topological polar surface area (TPSA) is 95.5 Å². The van der Waals surface area contributed by atoms with Gasteiger partial charge in [0.2, 0.25) is 10.0 Å². The first-order valence-corrected chi connectivity index (χ1v) is 9.33. The first-order chi connectivity index (χ1) is 11.1. The van der Waals surface area contributed by atoms with Crippen molar-refractivity contribution in [1.29, 1.82) is 0 Å². The van der Waals surface area contributed by atoms with Crippen molar-refractivity contribution in [2.45, 2.75) is 18.1 Å². The second kappa shape index (κ2) is 6.90. The van der Waals surface area contributed by atoms with Crippen LogP contribution in [0.1, 0.15) is 23.3 Å². The zero-order chi connectivity index (χ0) is 16.3. The summed E-state index contributed by atoms with van der Waals surface area (Å²) in [5, 5.41) is 2.66. The third-order valence-corrected chi connectivity index (χ3v) is 6.54. The molecule has 9 heteroatoms. The van der Waals surface area contributed by atoms with Crippen molar-refractivity contribution in [3.63, 3.8) is 0 Å². The van der Waals surface area contributed by atoms with Gasteiger partial charge in [0.25, 0.3) is 5.91 Å². The Morgan fingerprint density at radius 3 is 2.57 bits per heavy atom. The molecule has 1 amide bonds. The molecule has 2 heterocycles. The Morgan fingerprint density at radius 1 is 1.22 bits per heavy atom. The maximum Gasteiger partial charge on any atom is 0.271 e. The van der Waals surface area contributed by atoms with Crippen LogP contribution >= 0.6 is 0 Å². The Balaban J connectivity index is 1.39. The highest BCUT2D eigenvalue weighted by atomic mass is 32.2. The minimum Gasteiger partial charge on any atom is -0.349 e. The van der Waals surface area contributed by atoms with Gasteiger partial charge in [0, 0.05) is 51.7 Å². The van der Waals surface area contributed by atoms with Gasteiger partial charge in [0.1, 0.15) is 5.69 Å². The molecule has 0 unspecified atom stereocenters. The number of aromatic nitrogens is 2. The van der Waals surface area contributed by atoms with Crippen LogP contribution in [0.2, 0.25) is 0 Å². The SMILES string of the molecule is O=C(NCCN1CCN(S(=O)(=O)C2CC2)CC1)c1cnccn1. The highest BCUT2D eigenvalue weighted by Crippen LogP contribution is 2.31. The van der Waals surface area contributed by atoms with E-state index in [9.17, 15) is 13.2 Å². The molecule has 1 saturated carbocycles. The van der Waals surface area contributed by atoms with Crippen LogP contribution in [0.3, 0.4) is 0 Å². The van der Waals surface area contributed by atoms with E-state index in [4.69, 9.17) is 0 Å². The lowest BCUT2D eigenvalue weighted by Crippen LogP contribution is -2.50. The smallest absolute Gasteiger partial charge is 0.271 e. The van der Waals surface area contributed by atoms with Crippen LogP contribution in [0.15, 0.2) is 18.6 Å². The number of carbonyl (C=O) groups is 1. The molecule has 0 bridgehead atoms. The van der Waals surface area contributed by atoms with Gasteiger partial charge in [-0.3, -0.25) is 14.7 Å². The van der Waals surface area contributed by atoms with Crippen LogP contribution < -0.4 is 5.32 Å². The van der Waals surface area contributed by atoms with E-state index in [0.717, 1.165) is 12.8 Å². The highest BCUT2D eigenvalue weighted by molar-refractivity contribution is 7.90. The summed E-state index contributed by atoms with van der Waals surface area (Å²) in [6, 6.07) is 0. The summed E-state index contributed by atoms with van der Waals surface area (Å²) in [4.78, 5) is 21.8. The first-order valence-electron chi connectivity index (χ1n) is 7.83. The zero-order valence-corrected chi connectivity index (χ0v) is 13.7. The molecule has 3 rings (SSSR count). The lowest BCUT2D eigenvalue weighted by atomic mass is 10.3. The third kappa shape index (κ3) is 4.04. The van der Waals surface area contributed by atoms with E-state index in [0.29, 0.717) is 45.0 Å². The summed E-state index contributed by atoms with van der Waals surface area (Å²) in [7, 11) is -3.06. The molecule has 0 atom stereocenters. The van der Waals surface area contributed by atoms with Crippen molar-refractivity contribution in [2.75, 3.05) is 39.3 Å². The van der Waals surface area contributed by atoms with Gasteiger partial charge in [-0.25, -0.2) is 13.4 Å². The van der Waals surface area contributed by atoms with Gasteiger partial charge in [-0.05, 0) is 12.8 Å². The summed E-state index contributed by atoms with van der Waals surface area (Å²) in [5.74, 6) is -0.243. The molecule has 1 N–H and O–H groups in total. The van der Waals surface area contributed by atoms with Crippen molar-refractivity contribution in [3.05, 3.63) is 24.3 Å². The molecule has 1 aliphatic heterocycles. The van der Waals surface area contributed by atoms with Crippen LogP contribution in [0.25, 0.3) is 0 Å². The van der Waals surface area contributed by atoms with Crippen LogP contribution in [0.4, 0.5) is 0 Å².